The fourth-order valence-corrected chi connectivity index (χ4v) is 2.13. The normalized spacial score (nSPS) is 13.1. The van der Waals surface area contributed by atoms with E-state index in [4.69, 9.17) is 17.3 Å². The number of nitrogens with two attached hydrogens (primary N) is 1. The molecule has 0 radical (unpaired) electrons. The number of rotatable bonds is 5. The molecule has 0 saturated heterocycles. The highest BCUT2D eigenvalue weighted by molar-refractivity contribution is 7.90. The number of para-hydroxylation sites is 1. The second kappa shape index (κ2) is 6.17. The predicted molar refractivity (Wildman–Crippen MR) is 72.4 cm³/mol. The molecule has 1 amide bonds. The van der Waals surface area contributed by atoms with Crippen molar-refractivity contribution in [2.24, 2.45) is 5.73 Å². The van der Waals surface area contributed by atoms with Crippen molar-refractivity contribution in [3.05, 3.63) is 29.3 Å². The average molecular weight is 291 g/mol. The summed E-state index contributed by atoms with van der Waals surface area (Å²) in [5.74, 6) is -0.573. The maximum Gasteiger partial charge on any atom is 0.241 e. The lowest BCUT2D eigenvalue weighted by Crippen LogP contribution is -2.37. The van der Waals surface area contributed by atoms with Gasteiger partial charge in [0.05, 0.1) is 22.5 Å². The van der Waals surface area contributed by atoms with Crippen LogP contribution in [0.5, 0.6) is 0 Å². The van der Waals surface area contributed by atoms with Gasteiger partial charge in [0.15, 0.2) is 0 Å². The summed E-state index contributed by atoms with van der Waals surface area (Å²) in [5.41, 5.74) is 6.06. The summed E-state index contributed by atoms with van der Waals surface area (Å²) in [4.78, 5) is 11.7. The largest absolute Gasteiger partial charge is 0.323 e. The van der Waals surface area contributed by atoms with Crippen LogP contribution < -0.4 is 11.1 Å². The van der Waals surface area contributed by atoms with Crippen LogP contribution in [0.15, 0.2) is 24.3 Å². The Morgan fingerprint density at radius 3 is 2.61 bits per heavy atom. The minimum Gasteiger partial charge on any atom is -0.323 e. The fourth-order valence-electron chi connectivity index (χ4n) is 1.26. The van der Waals surface area contributed by atoms with Gasteiger partial charge >= 0.3 is 0 Å². The van der Waals surface area contributed by atoms with Gasteiger partial charge < -0.3 is 11.1 Å². The van der Waals surface area contributed by atoms with E-state index in [0.717, 1.165) is 6.26 Å². The number of sulfone groups is 1. The topological polar surface area (TPSA) is 89.3 Å². The molecule has 0 heterocycles. The fraction of sp³-hybridized carbons (Fsp3) is 0.364. The summed E-state index contributed by atoms with van der Waals surface area (Å²) in [6.45, 7) is 0. The molecule has 5 nitrogen and oxygen atoms in total. The van der Waals surface area contributed by atoms with E-state index in [2.05, 4.69) is 5.32 Å². The van der Waals surface area contributed by atoms with Crippen molar-refractivity contribution in [3.63, 3.8) is 0 Å². The Hall–Kier alpha value is -1.11. The summed E-state index contributed by atoms with van der Waals surface area (Å²) in [6, 6.07) is 5.87. The summed E-state index contributed by atoms with van der Waals surface area (Å²) in [5, 5.41) is 2.96. The monoisotopic (exact) mass is 290 g/mol. The van der Waals surface area contributed by atoms with Gasteiger partial charge in [0.1, 0.15) is 9.84 Å². The third-order valence-corrected chi connectivity index (χ3v) is 3.58. The molecule has 0 fully saturated rings. The number of benzene rings is 1. The van der Waals surface area contributed by atoms with Gasteiger partial charge in [-0.25, -0.2) is 8.42 Å². The zero-order valence-corrected chi connectivity index (χ0v) is 11.5. The first kappa shape index (κ1) is 14.9. The van der Waals surface area contributed by atoms with Crippen LogP contribution in [-0.4, -0.2) is 32.4 Å². The lowest BCUT2D eigenvalue weighted by molar-refractivity contribution is -0.117. The van der Waals surface area contributed by atoms with Gasteiger partial charge in [-0.3, -0.25) is 4.79 Å². The Kier molecular flexibility index (Phi) is 5.13. The lowest BCUT2D eigenvalue weighted by atomic mass is 10.2. The molecule has 3 N–H and O–H groups in total. The van der Waals surface area contributed by atoms with E-state index in [1.807, 2.05) is 0 Å². The standard InChI is InChI=1S/C11H15ClN2O3S/c1-18(16,17)7-6-9(13)11(15)14-10-5-3-2-4-8(10)12/h2-5,9H,6-7,13H2,1H3,(H,14,15). The molecule has 0 aliphatic heterocycles. The quantitative estimate of drug-likeness (QED) is 0.848. The van der Waals surface area contributed by atoms with Crippen LogP contribution in [0.2, 0.25) is 5.02 Å². The van der Waals surface area contributed by atoms with Crippen LogP contribution >= 0.6 is 11.6 Å². The van der Waals surface area contributed by atoms with E-state index in [-0.39, 0.29) is 12.2 Å². The summed E-state index contributed by atoms with van der Waals surface area (Å²) in [7, 11) is -3.12. The van der Waals surface area contributed by atoms with Crippen molar-refractivity contribution in [2.45, 2.75) is 12.5 Å². The van der Waals surface area contributed by atoms with E-state index in [1.165, 1.54) is 0 Å². The van der Waals surface area contributed by atoms with Gasteiger partial charge in [-0.05, 0) is 18.6 Å². The number of nitrogens with one attached hydrogen (secondary N) is 1. The van der Waals surface area contributed by atoms with Crippen molar-refractivity contribution >= 4 is 33.0 Å². The number of carbonyl (C=O) groups is 1. The lowest BCUT2D eigenvalue weighted by Gasteiger charge is -2.12. The highest BCUT2D eigenvalue weighted by Crippen LogP contribution is 2.20. The Morgan fingerprint density at radius 1 is 1.44 bits per heavy atom. The highest BCUT2D eigenvalue weighted by Gasteiger charge is 2.16. The molecule has 0 bridgehead atoms. The molecule has 0 aromatic heterocycles. The summed E-state index contributed by atoms with van der Waals surface area (Å²) >= 11 is 5.87. The highest BCUT2D eigenvalue weighted by atomic mass is 35.5. The van der Waals surface area contributed by atoms with E-state index in [9.17, 15) is 13.2 Å². The molecule has 1 unspecified atom stereocenters. The van der Waals surface area contributed by atoms with Gasteiger partial charge in [0.2, 0.25) is 5.91 Å². The number of hydrogen-bond donors (Lipinski definition) is 2. The van der Waals surface area contributed by atoms with Crippen LogP contribution in [0.4, 0.5) is 5.69 Å². The van der Waals surface area contributed by atoms with Crippen molar-refractivity contribution in [1.82, 2.24) is 0 Å². The van der Waals surface area contributed by atoms with E-state index < -0.39 is 21.8 Å². The molecule has 1 aromatic carbocycles. The molecule has 0 aliphatic rings. The first-order valence-corrected chi connectivity index (χ1v) is 7.72. The van der Waals surface area contributed by atoms with Crippen LogP contribution in [0.3, 0.4) is 0 Å². The molecule has 1 aromatic rings. The molecule has 0 aliphatic carbocycles. The van der Waals surface area contributed by atoms with Gasteiger partial charge in [-0.1, -0.05) is 23.7 Å². The van der Waals surface area contributed by atoms with Crippen LogP contribution in [-0.2, 0) is 14.6 Å². The molecule has 18 heavy (non-hydrogen) atoms. The van der Waals surface area contributed by atoms with Crippen molar-refractivity contribution in [2.75, 3.05) is 17.3 Å². The SMILES string of the molecule is CS(=O)(=O)CCC(N)C(=O)Nc1ccccc1Cl. The zero-order valence-electron chi connectivity index (χ0n) is 9.89. The Labute approximate surface area is 111 Å². The van der Waals surface area contributed by atoms with Gasteiger partial charge in [0.25, 0.3) is 0 Å². The maximum atomic E-state index is 11.7. The molecule has 0 saturated carbocycles. The van der Waals surface area contributed by atoms with Crippen molar-refractivity contribution < 1.29 is 13.2 Å². The second-order valence-corrected chi connectivity index (χ2v) is 6.66. The molecule has 0 spiro atoms. The van der Waals surface area contributed by atoms with E-state index in [1.54, 1.807) is 24.3 Å². The third-order valence-electron chi connectivity index (χ3n) is 2.27. The smallest absolute Gasteiger partial charge is 0.241 e. The molecule has 100 valence electrons. The Balaban J connectivity index is 2.58. The van der Waals surface area contributed by atoms with E-state index in [0.29, 0.717) is 10.7 Å². The van der Waals surface area contributed by atoms with Crippen molar-refractivity contribution in [3.8, 4) is 0 Å². The molecular weight excluding hydrogens is 276 g/mol. The number of anilines is 1. The number of carbonyl (C=O) groups excluding carboxylic acids is 1. The molecular formula is C11H15ClN2O3S. The summed E-state index contributed by atoms with van der Waals surface area (Å²) < 4.78 is 21.9. The van der Waals surface area contributed by atoms with Crippen molar-refractivity contribution in [1.29, 1.82) is 0 Å². The predicted octanol–water partition coefficient (Wildman–Crippen LogP) is 1.04. The van der Waals surface area contributed by atoms with Crippen LogP contribution in [0.1, 0.15) is 6.42 Å². The summed E-state index contributed by atoms with van der Waals surface area (Å²) in [6.07, 6.45) is 1.18. The van der Waals surface area contributed by atoms with Gasteiger partial charge in [-0.15, -0.1) is 0 Å². The number of halogens is 1. The first-order valence-electron chi connectivity index (χ1n) is 5.28. The van der Waals surface area contributed by atoms with Gasteiger partial charge in [0, 0.05) is 6.26 Å². The zero-order chi connectivity index (χ0) is 13.8. The van der Waals surface area contributed by atoms with Gasteiger partial charge in [-0.2, -0.15) is 0 Å². The minimum absolute atomic E-state index is 0.0785. The number of hydrogen-bond acceptors (Lipinski definition) is 4. The molecule has 7 heteroatoms. The Morgan fingerprint density at radius 2 is 2.06 bits per heavy atom. The molecule has 1 atom stereocenters. The first-order chi connectivity index (χ1) is 8.29. The van der Waals surface area contributed by atoms with Crippen LogP contribution in [0.25, 0.3) is 0 Å². The van der Waals surface area contributed by atoms with Crippen LogP contribution in [0, 0.1) is 0 Å². The van der Waals surface area contributed by atoms with E-state index >= 15 is 0 Å². The average Bonchev–Trinajstić information content (AvgIpc) is 2.28. The number of amides is 1. The second-order valence-electron chi connectivity index (χ2n) is 3.99. The third kappa shape index (κ3) is 5.03. The minimum atomic E-state index is -3.12. The molecule has 1 rings (SSSR count). The maximum absolute atomic E-state index is 11.7. The Bertz CT molecular complexity index is 531.